The van der Waals surface area contributed by atoms with Crippen molar-refractivity contribution in [1.82, 2.24) is 30.1 Å². The third-order valence-electron chi connectivity index (χ3n) is 9.95. The van der Waals surface area contributed by atoms with Crippen molar-refractivity contribution in [3.8, 4) is 0 Å². The van der Waals surface area contributed by atoms with E-state index in [9.17, 15) is 24.3 Å². The maximum atomic E-state index is 14.8. The summed E-state index contributed by atoms with van der Waals surface area (Å²) in [6.45, 7) is 13.0. The van der Waals surface area contributed by atoms with Gasteiger partial charge in [-0.2, -0.15) is 0 Å². The Kier molecular flexibility index (Phi) is 10.5. The number of allylic oxidation sites excluding steroid dienone is 1. The van der Waals surface area contributed by atoms with Crippen molar-refractivity contribution in [1.29, 1.82) is 0 Å². The molecule has 1 spiro atoms. The fraction of sp³-hybridized carbons (Fsp3) is 0.588. The van der Waals surface area contributed by atoms with Gasteiger partial charge in [-0.25, -0.2) is 4.68 Å². The van der Waals surface area contributed by atoms with Crippen molar-refractivity contribution in [2.45, 2.75) is 89.4 Å². The number of carbonyl (C=O) groups excluding carboxylic acids is 4. The van der Waals surface area contributed by atoms with Crippen LogP contribution in [-0.2, 0) is 35.3 Å². The zero-order valence-corrected chi connectivity index (χ0v) is 27.4. The summed E-state index contributed by atoms with van der Waals surface area (Å²) in [5, 5.41) is 21.9. The van der Waals surface area contributed by atoms with Gasteiger partial charge in [-0.15, -0.1) is 18.3 Å². The van der Waals surface area contributed by atoms with E-state index in [2.05, 4.69) is 28.8 Å². The van der Waals surface area contributed by atoms with E-state index in [0.717, 1.165) is 5.52 Å². The van der Waals surface area contributed by atoms with E-state index in [1.54, 1.807) is 28.7 Å². The summed E-state index contributed by atoms with van der Waals surface area (Å²) < 4.78 is 14.0. The molecule has 0 unspecified atom stereocenters. The van der Waals surface area contributed by atoms with Gasteiger partial charge < -0.3 is 29.7 Å². The van der Waals surface area contributed by atoms with E-state index >= 15 is 0 Å². The average Bonchev–Trinajstić information content (AvgIpc) is 3.82. The van der Waals surface area contributed by atoms with Crippen molar-refractivity contribution in [3.63, 3.8) is 0 Å². The highest BCUT2D eigenvalue weighted by atomic mass is 16.6. The maximum Gasteiger partial charge on any atom is 0.312 e. The number of ether oxygens (including phenoxy) is 2. The highest BCUT2D eigenvalue weighted by molar-refractivity contribution is 5.98. The minimum atomic E-state index is -1.28. The molecule has 2 aromatic rings. The SMILES string of the molecule is C=CCCC(=O)NC[C@@H](C)OC(=O)[C@@H]1[C@H]2C(=O)N([C@@H](CO)[C@@H](C)CC)[C@H](C(=O)N(CC=C)Cn3nnc4ccccc43)[C@]23CC[C@H]1O3. The lowest BCUT2D eigenvalue weighted by atomic mass is 9.70. The molecule has 4 heterocycles. The largest absolute Gasteiger partial charge is 0.460 e. The summed E-state index contributed by atoms with van der Waals surface area (Å²) in [6, 6.07) is 5.65. The van der Waals surface area contributed by atoms with Crippen LogP contribution in [0.5, 0.6) is 0 Å². The van der Waals surface area contributed by atoms with Crippen LogP contribution in [-0.4, -0.2) is 103 Å². The van der Waals surface area contributed by atoms with Crippen LogP contribution >= 0.6 is 0 Å². The second-order valence-corrected chi connectivity index (χ2v) is 12.9. The summed E-state index contributed by atoms with van der Waals surface area (Å²) in [5.74, 6) is -3.60. The zero-order chi connectivity index (χ0) is 33.9. The molecule has 13 heteroatoms. The zero-order valence-electron chi connectivity index (χ0n) is 27.4. The lowest BCUT2D eigenvalue weighted by Gasteiger charge is -2.40. The Hall–Kier alpha value is -4.10. The molecule has 0 radical (unpaired) electrons. The van der Waals surface area contributed by atoms with E-state index < -0.39 is 53.6 Å². The Labute approximate surface area is 274 Å². The molecule has 3 aliphatic heterocycles. The van der Waals surface area contributed by atoms with Gasteiger partial charge in [0, 0.05) is 13.0 Å². The van der Waals surface area contributed by atoms with Gasteiger partial charge in [-0.05, 0) is 44.2 Å². The van der Waals surface area contributed by atoms with Crippen molar-refractivity contribution in [2.24, 2.45) is 17.8 Å². The number of aromatic nitrogens is 3. The number of carbonyl (C=O) groups is 4. The molecular weight excluding hydrogens is 604 g/mol. The molecular formula is C34H46N6O7. The van der Waals surface area contributed by atoms with Crippen molar-refractivity contribution < 1.29 is 33.8 Å². The van der Waals surface area contributed by atoms with Crippen molar-refractivity contribution in [2.75, 3.05) is 19.7 Å². The second-order valence-electron chi connectivity index (χ2n) is 12.9. The number of aliphatic hydroxyl groups is 1. The normalized spacial score (nSPS) is 26.5. The summed E-state index contributed by atoms with van der Waals surface area (Å²) in [6.07, 6.45) is 4.34. The number of likely N-dealkylation sites (tertiary alicyclic amines) is 1. The maximum absolute atomic E-state index is 14.8. The van der Waals surface area contributed by atoms with E-state index in [0.29, 0.717) is 31.2 Å². The Balaban J connectivity index is 1.45. The smallest absolute Gasteiger partial charge is 0.312 e. The van der Waals surface area contributed by atoms with Crippen molar-refractivity contribution in [3.05, 3.63) is 49.6 Å². The summed E-state index contributed by atoms with van der Waals surface area (Å²) in [5.41, 5.74) is 0.135. The number of esters is 1. The predicted molar refractivity (Wildman–Crippen MR) is 172 cm³/mol. The number of rotatable bonds is 16. The number of nitrogens with one attached hydrogen (secondary N) is 1. The highest BCUT2D eigenvalue weighted by Gasteiger charge is 2.75. The van der Waals surface area contributed by atoms with Crippen LogP contribution in [0.4, 0.5) is 0 Å². The van der Waals surface area contributed by atoms with Gasteiger partial charge in [0.2, 0.25) is 17.7 Å². The first kappa shape index (κ1) is 34.2. The minimum Gasteiger partial charge on any atom is -0.460 e. The Bertz CT molecular complexity index is 1510. The molecule has 13 nitrogen and oxygen atoms in total. The van der Waals surface area contributed by atoms with Crippen LogP contribution < -0.4 is 5.32 Å². The molecule has 0 aliphatic carbocycles. The van der Waals surface area contributed by atoms with Crippen LogP contribution in [0.25, 0.3) is 11.0 Å². The molecule has 2 N–H and O–H groups in total. The Morgan fingerprint density at radius 2 is 2.02 bits per heavy atom. The van der Waals surface area contributed by atoms with Gasteiger partial charge in [0.1, 0.15) is 29.9 Å². The summed E-state index contributed by atoms with van der Waals surface area (Å²) in [4.78, 5) is 58.2. The number of nitrogens with zero attached hydrogens (tertiary/aromatic N) is 5. The van der Waals surface area contributed by atoms with Gasteiger partial charge in [0.05, 0.1) is 42.6 Å². The van der Waals surface area contributed by atoms with Gasteiger partial charge in [0.25, 0.3) is 0 Å². The average molecular weight is 651 g/mol. The molecule has 3 amide bonds. The number of aliphatic hydroxyl groups excluding tert-OH is 1. The van der Waals surface area contributed by atoms with Crippen LogP contribution in [0.3, 0.4) is 0 Å². The van der Waals surface area contributed by atoms with Gasteiger partial charge >= 0.3 is 5.97 Å². The van der Waals surface area contributed by atoms with Crippen LogP contribution in [0.1, 0.15) is 52.9 Å². The fourth-order valence-electron chi connectivity index (χ4n) is 7.44. The third kappa shape index (κ3) is 6.30. The van der Waals surface area contributed by atoms with Gasteiger partial charge in [-0.1, -0.05) is 49.8 Å². The molecule has 3 aliphatic rings. The molecule has 1 aromatic heterocycles. The van der Waals surface area contributed by atoms with E-state index in [1.165, 1.54) is 4.90 Å². The third-order valence-corrected chi connectivity index (χ3v) is 9.95. The number of amides is 3. The van der Waals surface area contributed by atoms with E-state index in [4.69, 9.17) is 9.47 Å². The molecule has 254 valence electrons. The van der Waals surface area contributed by atoms with Crippen LogP contribution in [0.15, 0.2) is 49.6 Å². The van der Waals surface area contributed by atoms with Crippen LogP contribution in [0, 0.1) is 17.8 Å². The highest BCUT2D eigenvalue weighted by Crippen LogP contribution is 2.59. The van der Waals surface area contributed by atoms with E-state index in [1.807, 2.05) is 38.1 Å². The summed E-state index contributed by atoms with van der Waals surface area (Å²) >= 11 is 0. The molecule has 1 aromatic carbocycles. The van der Waals surface area contributed by atoms with Gasteiger partial charge in [-0.3, -0.25) is 19.2 Å². The summed E-state index contributed by atoms with van der Waals surface area (Å²) in [7, 11) is 0. The first-order valence-corrected chi connectivity index (χ1v) is 16.5. The Morgan fingerprint density at radius 3 is 2.72 bits per heavy atom. The number of fused-ring (bicyclic) bond motifs is 2. The Morgan fingerprint density at radius 1 is 1.26 bits per heavy atom. The lowest BCUT2D eigenvalue weighted by molar-refractivity contribution is -0.160. The monoisotopic (exact) mass is 650 g/mol. The molecule has 47 heavy (non-hydrogen) atoms. The quantitative estimate of drug-likeness (QED) is 0.205. The van der Waals surface area contributed by atoms with Crippen molar-refractivity contribution >= 4 is 34.7 Å². The molecule has 5 rings (SSSR count). The number of hydrogen-bond donors (Lipinski definition) is 2. The molecule has 3 fully saturated rings. The first-order valence-electron chi connectivity index (χ1n) is 16.5. The van der Waals surface area contributed by atoms with E-state index in [-0.39, 0.29) is 50.5 Å². The predicted octanol–water partition coefficient (Wildman–Crippen LogP) is 2.20. The molecule has 3 saturated heterocycles. The standard InChI is InChI=1S/C34H46N6O7/c1-6-9-14-27(42)35-18-22(5)46-33(45)28-26-15-16-34(47-26)29(28)31(43)40(25(19-41)21(4)8-3)30(34)32(44)38(17-7-2)20-39-24-13-11-10-12-23(24)36-37-39/h6-7,10-13,21-22,25-26,28-30,41H,1-2,8-9,14-20H2,3-5H3,(H,35,42)/t21-,22+,25-,26+,28-,29-,30+,34-/m0/s1. The van der Waals surface area contributed by atoms with Crippen LogP contribution in [0.2, 0.25) is 0 Å². The lowest BCUT2D eigenvalue weighted by Crippen LogP contribution is -2.60. The molecule has 0 saturated carbocycles. The molecule has 8 atom stereocenters. The fourth-order valence-corrected chi connectivity index (χ4v) is 7.44. The minimum absolute atomic E-state index is 0.0443. The number of hydrogen-bond acceptors (Lipinski definition) is 9. The first-order chi connectivity index (χ1) is 22.6. The second kappa shape index (κ2) is 14.3. The number of benzene rings is 1. The topological polar surface area (TPSA) is 156 Å². The van der Waals surface area contributed by atoms with Gasteiger partial charge in [0.15, 0.2) is 0 Å². The number of para-hydroxylation sites is 1. The molecule has 2 bridgehead atoms.